The van der Waals surface area contributed by atoms with E-state index in [-0.39, 0.29) is 0 Å². The third-order valence-electron chi connectivity index (χ3n) is 17.2. The summed E-state index contributed by atoms with van der Waals surface area (Å²) >= 11 is 0. The maximum absolute atomic E-state index is 3.02. The average molecular weight is 607 g/mol. The fourth-order valence-corrected chi connectivity index (χ4v) is 22.4. The molecular weight excluding hydrogens is 533 g/mol. The summed E-state index contributed by atoms with van der Waals surface area (Å²) in [5.74, 6) is 13.8. The van der Waals surface area contributed by atoms with Crippen LogP contribution < -0.4 is 0 Å². The minimum atomic E-state index is -1.43. The van der Waals surface area contributed by atoms with E-state index in [1.165, 1.54) is 12.0 Å². The second-order valence-electron chi connectivity index (χ2n) is 21.4. The molecule has 1 heteroatoms. The summed E-state index contributed by atoms with van der Waals surface area (Å²) in [6.07, 6.45) is 25.3. The van der Waals surface area contributed by atoms with Crippen LogP contribution in [0.1, 0.15) is 151 Å². The molecule has 246 valence electrons. The topological polar surface area (TPSA) is 0 Å². The van der Waals surface area contributed by atoms with Crippen LogP contribution in [0.5, 0.6) is 0 Å². The van der Waals surface area contributed by atoms with Gasteiger partial charge in [-0.3, -0.25) is 0 Å². The van der Waals surface area contributed by atoms with Crippen molar-refractivity contribution in [2.45, 2.75) is 175 Å². The van der Waals surface area contributed by atoms with Crippen LogP contribution >= 0.6 is 0 Å². The van der Waals surface area contributed by atoms with Gasteiger partial charge >= 0.3 is 0 Å². The molecule has 0 spiro atoms. The molecule has 13 atom stereocenters. The van der Waals surface area contributed by atoms with Gasteiger partial charge in [-0.1, -0.05) is 113 Å². The summed E-state index contributed by atoms with van der Waals surface area (Å²) in [5.41, 5.74) is 3.21. The van der Waals surface area contributed by atoms with Gasteiger partial charge in [-0.25, -0.2) is 0 Å². The van der Waals surface area contributed by atoms with Gasteiger partial charge in [0.15, 0.2) is 0 Å². The summed E-state index contributed by atoms with van der Waals surface area (Å²) in [7, 11) is -1.43. The Morgan fingerprint density at radius 3 is 1.49 bits per heavy atom. The van der Waals surface area contributed by atoms with Gasteiger partial charge < -0.3 is 0 Å². The van der Waals surface area contributed by atoms with E-state index in [1.807, 2.05) is 0 Å². The molecule has 0 aromatic carbocycles. The molecule has 0 radical (unpaired) electrons. The Kier molecular flexibility index (Phi) is 8.45. The molecule has 0 N–H and O–H groups in total. The number of fused-ring (bicyclic) bond motifs is 5. The van der Waals surface area contributed by atoms with Crippen LogP contribution in [-0.2, 0) is 0 Å². The maximum atomic E-state index is 3.02. The van der Waals surface area contributed by atoms with Crippen molar-refractivity contribution in [3.8, 4) is 0 Å². The predicted molar refractivity (Wildman–Crippen MR) is 189 cm³/mol. The summed E-state index contributed by atoms with van der Waals surface area (Å²) in [5, 5.41) is 0. The van der Waals surface area contributed by atoms with Crippen molar-refractivity contribution in [3.05, 3.63) is 0 Å². The zero-order valence-corrected chi connectivity index (χ0v) is 31.5. The normalized spacial score (nSPS) is 50.6. The summed E-state index contributed by atoms with van der Waals surface area (Å²) in [6.45, 7) is 24.4. The van der Waals surface area contributed by atoms with Crippen molar-refractivity contribution in [1.29, 1.82) is 0 Å². The van der Waals surface area contributed by atoms with Crippen LogP contribution in [0.3, 0.4) is 0 Å². The Labute approximate surface area is 270 Å². The average Bonchev–Trinajstić information content (AvgIpc) is 3.63. The third kappa shape index (κ3) is 5.42. The third-order valence-corrected chi connectivity index (χ3v) is 22.5. The van der Waals surface area contributed by atoms with Crippen LogP contribution in [0.2, 0.25) is 24.2 Å². The van der Waals surface area contributed by atoms with Crippen molar-refractivity contribution in [2.24, 2.45) is 87.8 Å². The molecule has 0 heterocycles. The van der Waals surface area contributed by atoms with Gasteiger partial charge in [0.05, 0.1) is 8.07 Å². The zero-order chi connectivity index (χ0) is 30.5. The van der Waals surface area contributed by atoms with Crippen LogP contribution in [-0.4, -0.2) is 8.07 Å². The Morgan fingerprint density at radius 2 is 0.953 bits per heavy atom. The van der Waals surface area contributed by atoms with E-state index in [0.717, 1.165) is 82.5 Å². The molecule has 0 saturated heterocycles. The molecule has 7 rings (SSSR count). The summed E-state index contributed by atoms with van der Waals surface area (Å²) in [4.78, 5) is 0. The number of hydrogen-bond acceptors (Lipinski definition) is 0. The summed E-state index contributed by atoms with van der Waals surface area (Å²) in [6, 6.07) is 0. The monoisotopic (exact) mass is 607 g/mol. The highest BCUT2D eigenvalue weighted by molar-refractivity contribution is 6.80. The predicted octanol–water partition coefficient (Wildman–Crippen LogP) is 12.9. The Bertz CT molecular complexity index is 936. The van der Waals surface area contributed by atoms with Crippen molar-refractivity contribution in [2.75, 3.05) is 0 Å². The molecule has 0 aromatic heterocycles. The van der Waals surface area contributed by atoms with Crippen LogP contribution in [0.4, 0.5) is 0 Å². The minimum absolute atomic E-state index is 0.460. The Balaban J connectivity index is 1.21. The molecule has 0 bridgehead atoms. The maximum Gasteiger partial charge on any atom is 0.0547 e. The molecule has 0 amide bonds. The molecule has 0 aliphatic heterocycles. The molecule has 43 heavy (non-hydrogen) atoms. The van der Waals surface area contributed by atoms with E-state index in [0.29, 0.717) is 10.8 Å². The zero-order valence-electron chi connectivity index (χ0n) is 30.5. The number of rotatable bonds is 3. The Morgan fingerprint density at radius 1 is 0.442 bits per heavy atom. The highest BCUT2D eigenvalue weighted by Gasteiger charge is 2.64. The second kappa shape index (κ2) is 11.4. The van der Waals surface area contributed by atoms with Crippen molar-refractivity contribution < 1.29 is 0 Å². The highest BCUT2D eigenvalue weighted by atomic mass is 28.3. The lowest BCUT2D eigenvalue weighted by molar-refractivity contribution is -0.0360. The smallest absolute Gasteiger partial charge is 0.0547 e. The van der Waals surface area contributed by atoms with E-state index >= 15 is 0 Å². The van der Waals surface area contributed by atoms with Gasteiger partial charge in [-0.05, 0) is 150 Å². The van der Waals surface area contributed by atoms with Gasteiger partial charge in [-0.15, -0.1) is 0 Å². The van der Waals surface area contributed by atoms with E-state index in [2.05, 4.69) is 61.6 Å². The quantitative estimate of drug-likeness (QED) is 0.280. The van der Waals surface area contributed by atoms with E-state index in [1.54, 1.807) is 96.3 Å². The molecule has 7 fully saturated rings. The van der Waals surface area contributed by atoms with Gasteiger partial charge in [0.1, 0.15) is 0 Å². The van der Waals surface area contributed by atoms with Gasteiger partial charge in [0, 0.05) is 0 Å². The van der Waals surface area contributed by atoms with Crippen molar-refractivity contribution >= 4 is 8.07 Å². The largest absolute Gasteiger partial charge is 0.0689 e. The lowest BCUT2D eigenvalue weighted by atomic mass is 9.52. The van der Waals surface area contributed by atoms with Crippen LogP contribution in [0.25, 0.3) is 0 Å². The molecule has 7 saturated carbocycles. The van der Waals surface area contributed by atoms with Crippen molar-refractivity contribution in [3.63, 3.8) is 0 Å². The van der Waals surface area contributed by atoms with E-state index in [9.17, 15) is 0 Å². The molecule has 0 nitrogen and oxygen atoms in total. The lowest BCUT2D eigenvalue weighted by Crippen LogP contribution is -2.50. The molecule has 7 aliphatic rings. The Hall–Kier alpha value is 0.217. The second-order valence-corrected chi connectivity index (χ2v) is 26.4. The first-order chi connectivity index (χ1) is 20.3. The van der Waals surface area contributed by atoms with Crippen molar-refractivity contribution in [1.82, 2.24) is 0 Å². The minimum Gasteiger partial charge on any atom is -0.0689 e. The fraction of sp³-hybridized carbons (Fsp3) is 1.00. The number of hydrogen-bond donors (Lipinski definition) is 0. The standard InChI is InChI=1S/C42H74Si/c1-26-21-36-37(39(26)43(8,9)40-34-18-12-10-16-32(34)33-17-11-13-19-35(33)40)24-27-15-14-20-31(27)38(36)28-22-29(41(2,3)4)25-30(23-28)42(5,6)7/h26-40H,10-25H2,1-9H3. The lowest BCUT2D eigenvalue weighted by Gasteiger charge is -2.55. The van der Waals surface area contributed by atoms with Gasteiger partial charge in [-0.2, -0.15) is 0 Å². The van der Waals surface area contributed by atoms with Crippen LogP contribution in [0, 0.1) is 87.8 Å². The first-order valence-electron chi connectivity index (χ1n) is 20.3. The van der Waals surface area contributed by atoms with Gasteiger partial charge in [0.25, 0.3) is 0 Å². The SMILES string of the molecule is CC1CC2C(CC3CCCC3C2C2CC(C(C)(C)C)CC(C(C)(C)C)C2)C1[Si](C)(C)C1C2CCCCC2C2CCCCC21. The fourth-order valence-electron chi connectivity index (χ4n) is 15.8. The molecule has 0 aromatic rings. The van der Waals surface area contributed by atoms with Gasteiger partial charge in [0.2, 0.25) is 0 Å². The first kappa shape index (κ1) is 31.8. The molecule has 7 aliphatic carbocycles. The first-order valence-corrected chi connectivity index (χ1v) is 23.4. The highest BCUT2D eigenvalue weighted by Crippen LogP contribution is 2.71. The van der Waals surface area contributed by atoms with Crippen LogP contribution in [0.15, 0.2) is 0 Å². The van der Waals surface area contributed by atoms with E-state index < -0.39 is 8.07 Å². The van der Waals surface area contributed by atoms with E-state index in [4.69, 9.17) is 0 Å². The molecular formula is C42H74Si. The molecule has 13 unspecified atom stereocenters. The summed E-state index contributed by atoms with van der Waals surface area (Å²) < 4.78 is 0.